The molecule has 2 saturated heterocycles. The van der Waals surface area contributed by atoms with Crippen molar-refractivity contribution >= 4 is 111 Å². The minimum atomic E-state index is -5.22. The van der Waals surface area contributed by atoms with Crippen LogP contribution in [0.15, 0.2) is 24.3 Å². The number of hydrogen-bond acceptors (Lipinski definition) is 19. The van der Waals surface area contributed by atoms with E-state index in [1.54, 1.807) is 13.8 Å². The molecule has 0 unspecified atom stereocenters. The molecule has 4 rings (SSSR count). The lowest BCUT2D eigenvalue weighted by molar-refractivity contribution is -0.146. The minimum Gasteiger partial charge on any atom is -0.481 e. The molecule has 3 aliphatic rings. The van der Waals surface area contributed by atoms with Crippen LogP contribution in [-0.2, 0) is 93.4 Å². The van der Waals surface area contributed by atoms with Crippen LogP contribution in [0.5, 0.6) is 0 Å². The maximum Gasteiger partial charge on any atom is 0.366 e. The first kappa shape index (κ1) is 81.0. The molecule has 10 amide bonds. The number of rotatable bonds is 40. The molecule has 2 aliphatic heterocycles. The third-order valence-corrected chi connectivity index (χ3v) is 18.1. The van der Waals surface area contributed by atoms with E-state index < -0.39 is 236 Å². The fourth-order valence-corrected chi connectivity index (χ4v) is 12.4. The van der Waals surface area contributed by atoms with Crippen LogP contribution >= 0.6 is 0 Å². The van der Waals surface area contributed by atoms with Crippen molar-refractivity contribution < 1.29 is 120 Å². The molecule has 1 aromatic carbocycles. The van der Waals surface area contributed by atoms with Gasteiger partial charge in [-0.05, 0) is 101 Å². The third kappa shape index (κ3) is 25.6. The lowest BCUT2D eigenvalue weighted by atomic mass is 9.84. The van der Waals surface area contributed by atoms with Crippen molar-refractivity contribution in [3.63, 3.8) is 0 Å². The Morgan fingerprint density at radius 3 is 1.45 bits per heavy atom. The Morgan fingerprint density at radius 1 is 0.510 bits per heavy atom. The van der Waals surface area contributed by atoms with E-state index in [1.165, 1.54) is 19.1 Å². The maximum absolute atomic E-state index is 14.7. The number of amides is 10. The van der Waals surface area contributed by atoms with Gasteiger partial charge in [-0.15, -0.1) is 0 Å². The Balaban J connectivity index is 1.49. The molecule has 37 heteroatoms. The molecule has 16 N–H and O–H groups in total. The molecule has 0 spiro atoms. The number of likely N-dealkylation sites (tertiary alicyclic amines) is 2. The lowest BCUT2D eigenvalue weighted by Gasteiger charge is -2.34. The number of carbonyl (C=O) groups excluding carboxylic acids is 10. The number of nitrogens with zero attached hydrogens (tertiary/aromatic N) is 3. The monoisotopic (exact) mass is 1410 g/mol. The first-order valence-electron chi connectivity index (χ1n) is 32.2. The van der Waals surface area contributed by atoms with Gasteiger partial charge >= 0.3 is 46.1 Å². The molecule has 1 aromatic rings. The zero-order valence-corrected chi connectivity index (χ0v) is 55.3. The molecule has 0 aromatic heterocycles. The standard InChI is InChI=1S/C61H89N11O25S/c1-4-32(2)51(69-58(90)44-13-8-28-70(44)59(91)40(20-25-48(78)79)66-53(85)37(62)30-35-14-16-36(17-15-35)72(98(95,96)97)45(73)22-27-50(82)83)60(92)71-29-9-12-43(71)57(89)65-39(19-24-47(76)77)55(87)64-38(18-23-46(74)75)54(86)63-33(3)52(84)68-42(31-34-10-6-5-7-11-34)56(88)67-41(61(93)94)21-26-49(80)81/h14-17,32-34,37-44,51H,4-13,18-31,62H2,1-3H3,(H,63,86)(H,64,87)(H,65,89)(H,66,85)(H,67,88)(H,68,84)(H,69,90)(H,74,75)(H,76,77)(H,78,79)(H,80,81)(H,82,83)(H,93,94)(H,95,96,97)/t32-,33-,37-,38-,39-,40-,41+,42-,43-,44-,51-/m0/s1. The van der Waals surface area contributed by atoms with E-state index in [0.717, 1.165) is 41.2 Å². The topological polar surface area (TPSA) is 569 Å². The molecule has 2 heterocycles. The van der Waals surface area contributed by atoms with Crippen molar-refractivity contribution in [1.29, 1.82) is 0 Å². The zero-order valence-electron chi connectivity index (χ0n) is 54.5. The largest absolute Gasteiger partial charge is 0.481 e. The molecule has 11 atom stereocenters. The normalized spacial score (nSPS) is 18.3. The number of nitrogens with one attached hydrogen (secondary N) is 7. The first-order chi connectivity index (χ1) is 46.0. The second-order valence-electron chi connectivity index (χ2n) is 24.6. The summed E-state index contributed by atoms with van der Waals surface area (Å²) in [5.74, 6) is -19.1. The molecule has 3 fully saturated rings. The first-order valence-corrected chi connectivity index (χ1v) is 33.6. The van der Waals surface area contributed by atoms with E-state index in [-0.39, 0.29) is 79.5 Å². The van der Waals surface area contributed by atoms with Crippen molar-refractivity contribution in [2.75, 3.05) is 17.4 Å². The van der Waals surface area contributed by atoms with Gasteiger partial charge in [-0.2, -0.15) is 12.7 Å². The van der Waals surface area contributed by atoms with Gasteiger partial charge in [0, 0.05) is 45.2 Å². The number of aliphatic carboxylic acids is 6. The van der Waals surface area contributed by atoms with Gasteiger partial charge in [0.15, 0.2) is 0 Å². The molecule has 544 valence electrons. The second kappa shape index (κ2) is 38.5. The SMILES string of the molecule is CC[C@H](C)[C@H](NC(=O)[C@@H]1CCCN1C(=O)[C@H](CCC(=O)O)NC(=O)[C@@H](N)Cc1ccc(N(C(=O)CCC(=O)O)S(=O)(=O)O)cc1)C(=O)N1CCC[C@H]1C(=O)N[C@@H](CCC(=O)O)C(=O)N[C@@H](CCC(=O)O)C(=O)N[C@@H](C)C(=O)N[C@@H](CC1CCCCC1)C(=O)N[C@H](CCC(=O)O)C(=O)O. The van der Waals surface area contributed by atoms with Crippen LogP contribution < -0.4 is 47.3 Å². The van der Waals surface area contributed by atoms with Gasteiger partial charge in [0.1, 0.15) is 54.4 Å². The van der Waals surface area contributed by atoms with Gasteiger partial charge in [-0.3, -0.25) is 76.5 Å². The summed E-state index contributed by atoms with van der Waals surface area (Å²) in [6, 6.07) is -10.4. The Hall–Kier alpha value is -9.39. The van der Waals surface area contributed by atoms with E-state index in [1.807, 2.05) is 0 Å². The minimum absolute atomic E-state index is 0.0104. The molecule has 36 nitrogen and oxygen atoms in total. The summed E-state index contributed by atoms with van der Waals surface area (Å²) in [6.45, 7) is 4.39. The third-order valence-electron chi connectivity index (χ3n) is 17.2. The molecule has 0 radical (unpaired) electrons. The predicted molar refractivity (Wildman–Crippen MR) is 338 cm³/mol. The number of carbonyl (C=O) groups is 16. The van der Waals surface area contributed by atoms with Crippen molar-refractivity contribution in [2.24, 2.45) is 17.6 Å². The number of benzene rings is 1. The number of carboxylic acid groups (broad SMARTS) is 6. The number of anilines is 1. The molecule has 98 heavy (non-hydrogen) atoms. The molecular formula is C61H89N11O25S. The quantitative estimate of drug-likeness (QED) is 0.0333. The van der Waals surface area contributed by atoms with E-state index in [0.29, 0.717) is 12.8 Å². The highest BCUT2D eigenvalue weighted by Gasteiger charge is 2.44. The Kier molecular flexibility index (Phi) is 31.9. The zero-order chi connectivity index (χ0) is 73.3. The van der Waals surface area contributed by atoms with Crippen LogP contribution in [0.3, 0.4) is 0 Å². The Morgan fingerprint density at radius 2 is 0.949 bits per heavy atom. The summed E-state index contributed by atoms with van der Waals surface area (Å²) < 4.78 is 33.8. The van der Waals surface area contributed by atoms with Crippen LogP contribution in [0, 0.1) is 11.8 Å². The van der Waals surface area contributed by atoms with Crippen molar-refractivity contribution in [2.45, 2.75) is 222 Å². The van der Waals surface area contributed by atoms with Crippen molar-refractivity contribution in [1.82, 2.24) is 47.0 Å². The average molecular weight is 1410 g/mol. The molecule has 1 aliphatic carbocycles. The van der Waals surface area contributed by atoms with Gasteiger partial charge < -0.3 is 83.4 Å². The predicted octanol–water partition coefficient (Wildman–Crippen LogP) is -1.49. The van der Waals surface area contributed by atoms with Crippen LogP contribution in [0.2, 0.25) is 0 Å². The highest BCUT2D eigenvalue weighted by atomic mass is 32.2. The second-order valence-corrected chi connectivity index (χ2v) is 25.9. The average Bonchev–Trinajstić information content (AvgIpc) is 1.42. The van der Waals surface area contributed by atoms with Gasteiger partial charge in [0.05, 0.1) is 18.2 Å². The summed E-state index contributed by atoms with van der Waals surface area (Å²) in [5, 5.41) is 73.7. The summed E-state index contributed by atoms with van der Waals surface area (Å²) in [5.41, 5.74) is 6.10. The van der Waals surface area contributed by atoms with Gasteiger partial charge in [-0.25, -0.2) is 4.79 Å². The van der Waals surface area contributed by atoms with Gasteiger partial charge in [0.25, 0.3) is 0 Å². The smallest absolute Gasteiger partial charge is 0.366 e. The van der Waals surface area contributed by atoms with Crippen LogP contribution in [0.4, 0.5) is 5.69 Å². The highest BCUT2D eigenvalue weighted by Crippen LogP contribution is 2.29. The van der Waals surface area contributed by atoms with Crippen LogP contribution in [-0.4, -0.2) is 222 Å². The lowest BCUT2D eigenvalue weighted by Crippen LogP contribution is -2.61. The molecular weight excluding hydrogens is 1320 g/mol. The highest BCUT2D eigenvalue weighted by molar-refractivity contribution is 7.88. The van der Waals surface area contributed by atoms with E-state index in [4.69, 9.17) is 15.9 Å². The van der Waals surface area contributed by atoms with Crippen LogP contribution in [0.25, 0.3) is 0 Å². The van der Waals surface area contributed by atoms with Gasteiger partial charge in [-0.1, -0.05) is 64.5 Å². The summed E-state index contributed by atoms with van der Waals surface area (Å²) in [7, 11) is -5.22. The van der Waals surface area contributed by atoms with E-state index in [2.05, 4.69) is 37.2 Å². The number of carboxylic acids is 6. The van der Waals surface area contributed by atoms with Gasteiger partial charge in [0.2, 0.25) is 59.1 Å². The van der Waals surface area contributed by atoms with Crippen LogP contribution in [0.1, 0.15) is 161 Å². The Bertz CT molecular complexity index is 3220. The van der Waals surface area contributed by atoms with E-state index in [9.17, 15) is 110 Å². The Labute approximate surface area is 563 Å². The summed E-state index contributed by atoms with van der Waals surface area (Å²) in [4.78, 5) is 211. The summed E-state index contributed by atoms with van der Waals surface area (Å²) in [6.07, 6.45) is -2.02. The molecule has 0 bridgehead atoms. The fourth-order valence-electron chi connectivity index (χ4n) is 11.6. The van der Waals surface area contributed by atoms with Crippen molar-refractivity contribution in [3.8, 4) is 0 Å². The fraction of sp³-hybridized carbons (Fsp3) is 0.639. The van der Waals surface area contributed by atoms with Crippen molar-refractivity contribution in [3.05, 3.63) is 29.8 Å². The van der Waals surface area contributed by atoms with E-state index >= 15 is 0 Å². The number of hydrogen-bond donors (Lipinski definition) is 15. The number of nitrogens with two attached hydrogens (primary N) is 1. The summed E-state index contributed by atoms with van der Waals surface area (Å²) >= 11 is 0. The molecule has 1 saturated carbocycles. The maximum atomic E-state index is 14.7.